The van der Waals surface area contributed by atoms with Gasteiger partial charge >= 0.3 is 6.18 Å². The molecule has 0 aromatic rings. The lowest BCUT2D eigenvalue weighted by Gasteiger charge is -2.42. The van der Waals surface area contributed by atoms with Crippen LogP contribution in [-0.4, -0.2) is 40.2 Å². The third-order valence-corrected chi connectivity index (χ3v) is 4.58. The van der Waals surface area contributed by atoms with E-state index in [2.05, 4.69) is 0 Å². The topological polar surface area (TPSA) is 46.3 Å². The van der Waals surface area contributed by atoms with E-state index >= 15 is 0 Å². The van der Waals surface area contributed by atoms with Crippen LogP contribution >= 0.6 is 11.8 Å². The highest BCUT2D eigenvalue weighted by molar-refractivity contribution is 7.99. The molecule has 2 saturated heterocycles. The van der Waals surface area contributed by atoms with Crippen LogP contribution in [0.2, 0.25) is 0 Å². The first-order valence-corrected chi connectivity index (χ1v) is 6.72. The number of rotatable bonds is 0. The van der Waals surface area contributed by atoms with E-state index in [1.165, 1.54) is 11.8 Å². The number of carbonyl (C=O) groups is 1. The van der Waals surface area contributed by atoms with Gasteiger partial charge in [0, 0.05) is 0 Å². The van der Waals surface area contributed by atoms with E-state index in [1.807, 2.05) is 0 Å². The molecule has 0 unspecified atom stereocenters. The summed E-state index contributed by atoms with van der Waals surface area (Å²) in [5.74, 6) is 0.112. The summed E-state index contributed by atoms with van der Waals surface area (Å²) in [6.45, 7) is 0. The Bertz CT molecular complexity index is 310. The van der Waals surface area contributed by atoms with Gasteiger partial charge in [-0.15, -0.1) is 11.8 Å². The fraction of sp³-hybridized carbons (Fsp3) is 0.900. The lowest BCUT2D eigenvalue weighted by Crippen LogP contribution is -2.57. The van der Waals surface area contributed by atoms with Gasteiger partial charge in [0.25, 0.3) is 0 Å². The summed E-state index contributed by atoms with van der Waals surface area (Å²) in [6.07, 6.45) is -2.74. The number of hydrogen-bond acceptors (Lipinski definition) is 3. The molecule has 0 aromatic carbocycles. The molecule has 1 amide bonds. The maximum Gasteiger partial charge on any atom is 0.408 e. The first-order valence-electron chi connectivity index (χ1n) is 5.67. The van der Waals surface area contributed by atoms with Gasteiger partial charge < -0.3 is 10.6 Å². The number of alkyl halides is 3. The highest BCUT2D eigenvalue weighted by Crippen LogP contribution is 2.39. The van der Waals surface area contributed by atoms with Gasteiger partial charge in [-0.3, -0.25) is 4.79 Å². The maximum atomic E-state index is 12.9. The number of nitrogens with zero attached hydrogens (tertiary/aromatic N) is 1. The van der Waals surface area contributed by atoms with Crippen molar-refractivity contribution in [1.29, 1.82) is 0 Å². The quantitative estimate of drug-likeness (QED) is 0.727. The van der Waals surface area contributed by atoms with E-state index in [0.717, 1.165) is 4.90 Å². The van der Waals surface area contributed by atoms with Gasteiger partial charge in [-0.05, 0) is 31.4 Å². The summed E-state index contributed by atoms with van der Waals surface area (Å²) in [6, 6.07) is -2.43. The molecule has 2 rings (SSSR count). The Balaban J connectivity index is 2.27. The van der Waals surface area contributed by atoms with Gasteiger partial charge in [0.1, 0.15) is 6.04 Å². The normalized spacial score (nSPS) is 35.4. The highest BCUT2D eigenvalue weighted by atomic mass is 32.2. The van der Waals surface area contributed by atoms with Gasteiger partial charge in [-0.1, -0.05) is 0 Å². The molecule has 0 radical (unpaired) electrons. The first-order chi connectivity index (χ1) is 7.91. The van der Waals surface area contributed by atoms with Gasteiger partial charge in [0.2, 0.25) is 5.91 Å². The third kappa shape index (κ3) is 2.54. The molecule has 0 aromatic heterocycles. The van der Waals surface area contributed by atoms with Crippen LogP contribution in [0.15, 0.2) is 0 Å². The van der Waals surface area contributed by atoms with Crippen LogP contribution in [0.4, 0.5) is 13.2 Å². The molecule has 2 aliphatic heterocycles. The Hall–Kier alpha value is -0.430. The predicted octanol–water partition coefficient (Wildman–Crippen LogP) is 1.72. The van der Waals surface area contributed by atoms with Crippen LogP contribution in [0.25, 0.3) is 0 Å². The van der Waals surface area contributed by atoms with E-state index in [1.54, 1.807) is 0 Å². The van der Waals surface area contributed by atoms with Crippen molar-refractivity contribution in [1.82, 2.24) is 4.90 Å². The maximum absolute atomic E-state index is 12.9. The predicted molar refractivity (Wildman–Crippen MR) is 59.4 cm³/mol. The fourth-order valence-electron chi connectivity index (χ4n) is 2.39. The molecular formula is C10H15F3N2OS. The molecule has 2 fully saturated rings. The second kappa shape index (κ2) is 4.68. The zero-order valence-electron chi connectivity index (χ0n) is 9.24. The Morgan fingerprint density at radius 3 is 2.65 bits per heavy atom. The second-order valence-electron chi connectivity index (χ2n) is 4.45. The van der Waals surface area contributed by atoms with Gasteiger partial charge in [0.15, 0.2) is 0 Å². The van der Waals surface area contributed by atoms with E-state index in [0.29, 0.717) is 25.0 Å². The number of amides is 1. The van der Waals surface area contributed by atoms with E-state index in [-0.39, 0.29) is 11.8 Å². The van der Waals surface area contributed by atoms with Crippen molar-refractivity contribution in [3.63, 3.8) is 0 Å². The molecule has 98 valence electrons. The largest absolute Gasteiger partial charge is 0.408 e. The van der Waals surface area contributed by atoms with Crippen molar-refractivity contribution in [2.45, 2.75) is 49.3 Å². The smallest absolute Gasteiger partial charge is 0.320 e. The minimum Gasteiger partial charge on any atom is -0.320 e. The van der Waals surface area contributed by atoms with Crippen LogP contribution in [0, 0.1) is 0 Å². The van der Waals surface area contributed by atoms with Crippen LogP contribution in [-0.2, 0) is 4.79 Å². The van der Waals surface area contributed by atoms with E-state index in [9.17, 15) is 18.0 Å². The van der Waals surface area contributed by atoms with Crippen molar-refractivity contribution in [2.24, 2.45) is 5.73 Å². The van der Waals surface area contributed by atoms with E-state index < -0.39 is 24.2 Å². The molecule has 0 bridgehead atoms. The molecule has 3 nitrogen and oxygen atoms in total. The van der Waals surface area contributed by atoms with Crippen LogP contribution in [0.5, 0.6) is 0 Å². The number of fused-ring (bicyclic) bond motifs is 1. The number of nitrogens with two attached hydrogens (primary N) is 1. The Labute approximate surface area is 102 Å². The summed E-state index contributed by atoms with van der Waals surface area (Å²) < 4.78 is 38.7. The van der Waals surface area contributed by atoms with Crippen LogP contribution in [0.1, 0.15) is 25.7 Å². The number of piperidine rings is 1. The van der Waals surface area contributed by atoms with Crippen LogP contribution in [0.3, 0.4) is 0 Å². The minimum atomic E-state index is -4.35. The molecule has 0 saturated carbocycles. The standard InChI is InChI=1S/C10H15F3N2OS/c11-10(12,13)7-2-1-3-8-15(7)9(16)6(14)4-5-17-8/h6-8H,1-5,14H2/t6-,7+,8-/m0/s1. The third-order valence-electron chi connectivity index (χ3n) is 3.26. The zero-order valence-corrected chi connectivity index (χ0v) is 10.1. The number of carbonyl (C=O) groups excluding carboxylic acids is 1. The lowest BCUT2D eigenvalue weighted by molar-refractivity contribution is -0.198. The molecule has 17 heavy (non-hydrogen) atoms. The summed E-state index contributed by atoms with van der Waals surface area (Å²) >= 11 is 1.42. The van der Waals surface area contributed by atoms with Crippen LogP contribution < -0.4 is 5.73 Å². The summed E-state index contributed by atoms with van der Waals surface area (Å²) in [7, 11) is 0. The molecule has 2 N–H and O–H groups in total. The molecule has 0 spiro atoms. The molecule has 7 heteroatoms. The molecule has 2 aliphatic rings. The number of thioether (sulfide) groups is 1. The van der Waals surface area contributed by atoms with Crippen molar-refractivity contribution in [3.8, 4) is 0 Å². The summed E-state index contributed by atoms with van der Waals surface area (Å²) in [5, 5.41) is -0.351. The average Bonchev–Trinajstić information content (AvgIpc) is 2.39. The number of halogens is 3. The monoisotopic (exact) mass is 268 g/mol. The van der Waals surface area contributed by atoms with Crippen molar-refractivity contribution in [2.75, 3.05) is 5.75 Å². The van der Waals surface area contributed by atoms with Crippen molar-refractivity contribution < 1.29 is 18.0 Å². The Morgan fingerprint density at radius 1 is 1.29 bits per heavy atom. The fourth-order valence-corrected chi connectivity index (χ4v) is 3.80. The Morgan fingerprint density at radius 2 is 2.00 bits per heavy atom. The molecule has 3 atom stereocenters. The van der Waals surface area contributed by atoms with Crippen molar-refractivity contribution in [3.05, 3.63) is 0 Å². The molecule has 0 aliphatic carbocycles. The molecule has 2 heterocycles. The Kier molecular flexibility index (Phi) is 3.58. The minimum absolute atomic E-state index is 0.000972. The van der Waals surface area contributed by atoms with E-state index in [4.69, 9.17) is 5.73 Å². The average molecular weight is 268 g/mol. The first kappa shape index (κ1) is 13.0. The highest BCUT2D eigenvalue weighted by Gasteiger charge is 2.50. The zero-order chi connectivity index (χ0) is 12.6. The van der Waals surface area contributed by atoms with Gasteiger partial charge in [-0.25, -0.2) is 0 Å². The summed E-state index contributed by atoms with van der Waals surface area (Å²) in [5.41, 5.74) is 5.62. The number of hydrogen-bond donors (Lipinski definition) is 1. The summed E-state index contributed by atoms with van der Waals surface area (Å²) in [4.78, 5) is 12.9. The van der Waals surface area contributed by atoms with Crippen molar-refractivity contribution >= 4 is 17.7 Å². The van der Waals surface area contributed by atoms with Gasteiger partial charge in [0.05, 0.1) is 11.4 Å². The second-order valence-corrected chi connectivity index (χ2v) is 5.74. The lowest BCUT2D eigenvalue weighted by atomic mass is 10.00. The van der Waals surface area contributed by atoms with Gasteiger partial charge in [-0.2, -0.15) is 13.2 Å². The molecular weight excluding hydrogens is 253 g/mol. The SMILES string of the molecule is N[C@H]1CCS[C@H]2CCC[C@H](C(F)(F)F)N2C1=O.